The van der Waals surface area contributed by atoms with Crippen LogP contribution in [0.3, 0.4) is 0 Å². The van der Waals surface area contributed by atoms with Gasteiger partial charge in [-0.2, -0.15) is 8.42 Å². The van der Waals surface area contributed by atoms with Gasteiger partial charge in [0.15, 0.2) is 5.75 Å². The molecule has 0 amide bonds. The number of hydrogen-bond acceptors (Lipinski definition) is 4. The van der Waals surface area contributed by atoms with Crippen LogP contribution in [0.25, 0.3) is 10.8 Å². The Morgan fingerprint density at radius 2 is 1.23 bits per heavy atom. The largest absolute Gasteiger partial charge is 0.457 e. The predicted molar refractivity (Wildman–Crippen MR) is 116 cm³/mol. The van der Waals surface area contributed by atoms with Gasteiger partial charge in [-0.3, -0.25) is 4.55 Å². The third kappa shape index (κ3) is 4.15. The first-order chi connectivity index (χ1) is 14.3. The van der Waals surface area contributed by atoms with Crippen LogP contribution in [0.2, 0.25) is 0 Å². The molecule has 4 aromatic rings. The smallest absolute Gasteiger partial charge is 0.298 e. The second-order valence-corrected chi connectivity index (χ2v) is 8.44. The van der Waals surface area contributed by atoms with E-state index in [2.05, 4.69) is 0 Å². The Morgan fingerprint density at radius 1 is 0.667 bits per heavy atom. The van der Waals surface area contributed by atoms with Crippen LogP contribution in [0.1, 0.15) is 11.1 Å². The zero-order chi connectivity index (χ0) is 21.3. The first kappa shape index (κ1) is 19.9. The van der Waals surface area contributed by atoms with Crippen LogP contribution in [0.5, 0.6) is 23.0 Å². The summed E-state index contributed by atoms with van der Waals surface area (Å²) in [6.45, 7) is 3.94. The van der Waals surface area contributed by atoms with Gasteiger partial charge in [0.05, 0.1) is 0 Å². The molecule has 6 heteroatoms. The molecule has 1 N–H and O–H groups in total. The molecule has 30 heavy (non-hydrogen) atoms. The molecule has 4 aromatic carbocycles. The van der Waals surface area contributed by atoms with Crippen LogP contribution in [0.4, 0.5) is 0 Å². The van der Waals surface area contributed by atoms with Crippen molar-refractivity contribution in [3.05, 3.63) is 90.0 Å². The van der Waals surface area contributed by atoms with Gasteiger partial charge in [-0.1, -0.05) is 47.5 Å². The molecule has 0 aliphatic heterocycles. The van der Waals surface area contributed by atoms with E-state index in [9.17, 15) is 13.0 Å². The molecule has 0 unspecified atom stereocenters. The summed E-state index contributed by atoms with van der Waals surface area (Å²) >= 11 is 0. The van der Waals surface area contributed by atoms with E-state index in [-0.39, 0.29) is 10.6 Å². The maximum Gasteiger partial charge on any atom is 0.298 e. The molecule has 5 nitrogen and oxygen atoms in total. The van der Waals surface area contributed by atoms with Crippen molar-refractivity contribution in [3.63, 3.8) is 0 Å². The molecule has 0 saturated heterocycles. The summed E-state index contributed by atoms with van der Waals surface area (Å²) in [5.41, 5.74) is 2.16. The summed E-state index contributed by atoms with van der Waals surface area (Å²) in [5.74, 6) is 1.72. The summed E-state index contributed by atoms with van der Waals surface area (Å²) in [5, 5.41) is 1.17. The summed E-state index contributed by atoms with van der Waals surface area (Å²) in [6, 6.07) is 23.0. The van der Waals surface area contributed by atoms with Crippen molar-refractivity contribution in [1.29, 1.82) is 0 Å². The maximum atomic E-state index is 12.0. The number of hydrogen-bond donors (Lipinski definition) is 1. The van der Waals surface area contributed by atoms with E-state index in [4.69, 9.17) is 9.47 Å². The van der Waals surface area contributed by atoms with E-state index < -0.39 is 10.1 Å². The molecule has 0 bridgehead atoms. The van der Waals surface area contributed by atoms with E-state index in [1.807, 2.05) is 50.2 Å². The highest BCUT2D eigenvalue weighted by molar-refractivity contribution is 7.86. The molecule has 0 aliphatic rings. The average Bonchev–Trinajstić information content (AvgIpc) is 2.71. The van der Waals surface area contributed by atoms with Crippen LogP contribution in [0, 0.1) is 13.8 Å². The molecule has 4 rings (SSSR count). The van der Waals surface area contributed by atoms with E-state index in [1.54, 1.807) is 36.4 Å². The third-order valence-corrected chi connectivity index (χ3v) is 5.58. The number of rotatable bonds is 5. The Bertz CT molecular complexity index is 1310. The Labute approximate surface area is 175 Å². The van der Waals surface area contributed by atoms with Gasteiger partial charge in [0, 0.05) is 10.8 Å². The Morgan fingerprint density at radius 3 is 1.80 bits per heavy atom. The lowest BCUT2D eigenvalue weighted by molar-refractivity contribution is 0.453. The average molecular weight is 420 g/mol. The standard InChI is InChI=1S/C24H20O5S/c1-16-6-10-18(11-7-16)28-22-5-3-4-21-20(22)14-15-23(30(25,26)27)24(21)29-19-12-8-17(2)9-13-19/h3-15H,1-2H3,(H,25,26,27). The van der Waals surface area contributed by atoms with Gasteiger partial charge in [-0.05, 0) is 56.3 Å². The Hall–Kier alpha value is -3.35. The number of fused-ring (bicyclic) bond motifs is 1. The molecule has 0 spiro atoms. The zero-order valence-corrected chi connectivity index (χ0v) is 17.3. The van der Waals surface area contributed by atoms with Crippen molar-refractivity contribution in [3.8, 4) is 23.0 Å². The zero-order valence-electron chi connectivity index (χ0n) is 16.5. The first-order valence-electron chi connectivity index (χ1n) is 9.33. The van der Waals surface area contributed by atoms with E-state index in [1.165, 1.54) is 6.07 Å². The molecule has 0 heterocycles. The topological polar surface area (TPSA) is 72.8 Å². The monoisotopic (exact) mass is 420 g/mol. The van der Waals surface area contributed by atoms with Crippen LogP contribution < -0.4 is 9.47 Å². The van der Waals surface area contributed by atoms with Crippen molar-refractivity contribution in [2.75, 3.05) is 0 Å². The lowest BCUT2D eigenvalue weighted by Gasteiger charge is -2.15. The fraction of sp³-hybridized carbons (Fsp3) is 0.0833. The molecule has 0 atom stereocenters. The summed E-state index contributed by atoms with van der Waals surface area (Å²) < 4.78 is 45.7. The second kappa shape index (κ2) is 7.82. The van der Waals surface area contributed by atoms with Crippen LogP contribution in [0.15, 0.2) is 83.8 Å². The molecular weight excluding hydrogens is 400 g/mol. The van der Waals surface area contributed by atoms with Gasteiger partial charge in [0.25, 0.3) is 10.1 Å². The lowest BCUT2D eigenvalue weighted by atomic mass is 10.1. The SMILES string of the molecule is Cc1ccc(Oc2cccc3c(Oc4ccc(C)cc4)c(S(=O)(=O)O)ccc23)cc1. The summed E-state index contributed by atoms with van der Waals surface area (Å²) in [7, 11) is -4.50. The first-order valence-corrected chi connectivity index (χ1v) is 10.8. The molecule has 0 aliphatic carbocycles. The lowest BCUT2D eigenvalue weighted by Crippen LogP contribution is -2.02. The fourth-order valence-electron chi connectivity index (χ4n) is 3.14. The van der Waals surface area contributed by atoms with Gasteiger partial charge in [0.2, 0.25) is 0 Å². The van der Waals surface area contributed by atoms with Crippen molar-refractivity contribution in [2.45, 2.75) is 18.7 Å². The highest BCUT2D eigenvalue weighted by atomic mass is 32.2. The number of benzene rings is 4. The van der Waals surface area contributed by atoms with E-state index in [0.29, 0.717) is 28.0 Å². The number of ether oxygens (including phenoxy) is 2. The van der Waals surface area contributed by atoms with E-state index >= 15 is 0 Å². The molecule has 152 valence electrons. The van der Waals surface area contributed by atoms with Crippen molar-refractivity contribution < 1.29 is 22.4 Å². The number of aryl methyl sites for hydroxylation is 2. The minimum Gasteiger partial charge on any atom is -0.457 e. The molecule has 0 radical (unpaired) electrons. The highest BCUT2D eigenvalue weighted by Gasteiger charge is 2.21. The minimum atomic E-state index is -4.50. The third-order valence-electron chi connectivity index (χ3n) is 4.70. The molecule has 0 aromatic heterocycles. The van der Waals surface area contributed by atoms with Gasteiger partial charge < -0.3 is 9.47 Å². The van der Waals surface area contributed by atoms with Crippen LogP contribution in [-0.4, -0.2) is 13.0 Å². The predicted octanol–water partition coefficient (Wildman–Crippen LogP) is 6.29. The van der Waals surface area contributed by atoms with Crippen LogP contribution in [-0.2, 0) is 10.1 Å². The summed E-state index contributed by atoms with van der Waals surface area (Å²) in [6.07, 6.45) is 0. The molecule has 0 saturated carbocycles. The van der Waals surface area contributed by atoms with Gasteiger partial charge in [-0.25, -0.2) is 0 Å². The molecule has 0 fully saturated rings. The highest BCUT2D eigenvalue weighted by Crippen LogP contribution is 2.40. The van der Waals surface area contributed by atoms with Crippen molar-refractivity contribution in [1.82, 2.24) is 0 Å². The van der Waals surface area contributed by atoms with Gasteiger partial charge in [-0.15, -0.1) is 0 Å². The fourth-order valence-corrected chi connectivity index (χ4v) is 3.76. The Kier molecular flexibility index (Phi) is 5.20. The van der Waals surface area contributed by atoms with Crippen molar-refractivity contribution in [2.24, 2.45) is 0 Å². The quantitative estimate of drug-likeness (QED) is 0.384. The second-order valence-electron chi connectivity index (χ2n) is 7.05. The van der Waals surface area contributed by atoms with Crippen LogP contribution >= 0.6 is 0 Å². The van der Waals surface area contributed by atoms with Gasteiger partial charge in [0.1, 0.15) is 22.1 Å². The van der Waals surface area contributed by atoms with Crippen molar-refractivity contribution >= 4 is 20.9 Å². The molecular formula is C24H20O5S. The van der Waals surface area contributed by atoms with E-state index in [0.717, 1.165) is 11.1 Å². The Balaban J connectivity index is 1.86. The maximum absolute atomic E-state index is 12.0. The normalized spacial score (nSPS) is 11.4. The minimum absolute atomic E-state index is 0.0493. The van der Waals surface area contributed by atoms with Gasteiger partial charge >= 0.3 is 0 Å². The summed E-state index contributed by atoms with van der Waals surface area (Å²) in [4.78, 5) is -0.303.